The number of carbonyl (C=O) groups excluding carboxylic acids is 2. The Kier molecular flexibility index (Phi) is 7.05. The maximum atomic E-state index is 14.0. The van der Waals surface area contributed by atoms with E-state index in [2.05, 4.69) is 15.6 Å². The monoisotopic (exact) mass is 612 g/mol. The van der Waals surface area contributed by atoms with E-state index in [4.69, 9.17) is 18.6 Å². The van der Waals surface area contributed by atoms with Crippen LogP contribution in [0.25, 0.3) is 11.6 Å². The zero-order valence-corrected chi connectivity index (χ0v) is 25.5. The number of oxazole rings is 2. The molecular formula is C34H36N4O7. The van der Waals surface area contributed by atoms with E-state index in [0.717, 1.165) is 22.4 Å². The Morgan fingerprint density at radius 1 is 1.09 bits per heavy atom. The number of rotatable bonds is 7. The van der Waals surface area contributed by atoms with E-state index in [0.29, 0.717) is 22.9 Å². The van der Waals surface area contributed by atoms with Crippen molar-refractivity contribution in [2.45, 2.75) is 70.9 Å². The second kappa shape index (κ2) is 10.8. The number of nitrogens with one attached hydrogen (secondary N) is 2. The second-order valence-corrected chi connectivity index (χ2v) is 12.8. The molecule has 234 valence electrons. The third kappa shape index (κ3) is 4.55. The van der Waals surface area contributed by atoms with Crippen LogP contribution in [0.4, 0.5) is 5.69 Å². The van der Waals surface area contributed by atoms with Crippen molar-refractivity contribution in [3.05, 3.63) is 82.8 Å². The molecule has 11 heteroatoms. The SMILES string of the molecule is CC(C)[C@H](O)C(=O)CC1Cc2ccc3c(c2)C2(c4ccccc4N[C@H]2O3)c2oc(nc2-c2nc(CO)co2)[C@H](C(C)C)NC1=O. The van der Waals surface area contributed by atoms with Crippen molar-refractivity contribution in [1.29, 1.82) is 0 Å². The van der Waals surface area contributed by atoms with E-state index < -0.39 is 29.7 Å². The van der Waals surface area contributed by atoms with E-state index in [1.54, 1.807) is 13.8 Å². The van der Waals surface area contributed by atoms with Crippen LogP contribution in [0, 0.1) is 17.8 Å². The summed E-state index contributed by atoms with van der Waals surface area (Å²) in [5.74, 6) is -0.388. The molecule has 7 rings (SSSR count). The minimum Gasteiger partial charge on any atom is -0.469 e. The number of nitrogens with zero attached hydrogens (tertiary/aromatic N) is 2. The molecule has 4 N–H and O–H groups in total. The molecule has 1 amide bonds. The van der Waals surface area contributed by atoms with Crippen molar-refractivity contribution in [3.63, 3.8) is 0 Å². The number of para-hydroxylation sites is 1. The maximum absolute atomic E-state index is 14.0. The Bertz CT molecular complexity index is 1790. The lowest BCUT2D eigenvalue weighted by atomic mass is 9.72. The number of hydrogen-bond donors (Lipinski definition) is 4. The molecule has 0 radical (unpaired) electrons. The number of anilines is 1. The normalized spacial score (nSPS) is 23.8. The van der Waals surface area contributed by atoms with E-state index in [9.17, 15) is 19.8 Å². The molecule has 2 aromatic carbocycles. The van der Waals surface area contributed by atoms with Gasteiger partial charge in [0.15, 0.2) is 23.5 Å². The van der Waals surface area contributed by atoms with Crippen molar-refractivity contribution in [1.82, 2.24) is 15.3 Å². The standard InChI is InChI=1S/C34H36N4O7/c1-16(2)26-32-38-27(31-35-20(14-39)15-43-31)29(45-32)34-21-7-5-6-8-23(21)36-33(34)44-25-10-9-18(12-22(25)34)11-19(30(42)37-26)13-24(40)28(41)17(3)4/h5-10,12,15-17,19,26,28,33,36,39,41H,11,13-14H2,1-4H3,(H,37,42)/t19?,26-,28-,33-,34?/m0/s1. The van der Waals surface area contributed by atoms with E-state index in [1.807, 2.05) is 56.3 Å². The molecule has 2 unspecified atom stereocenters. The molecular weight excluding hydrogens is 576 g/mol. The summed E-state index contributed by atoms with van der Waals surface area (Å²) in [5, 5.41) is 26.9. The molecule has 45 heavy (non-hydrogen) atoms. The topological polar surface area (TPSA) is 160 Å². The van der Waals surface area contributed by atoms with Gasteiger partial charge in [0.1, 0.15) is 35.3 Å². The van der Waals surface area contributed by atoms with Gasteiger partial charge in [-0.3, -0.25) is 9.59 Å². The largest absolute Gasteiger partial charge is 0.469 e. The highest BCUT2D eigenvalue weighted by Crippen LogP contribution is 2.59. The Morgan fingerprint density at radius 2 is 1.89 bits per heavy atom. The summed E-state index contributed by atoms with van der Waals surface area (Å²) in [6, 6.07) is 13.0. The van der Waals surface area contributed by atoms with Gasteiger partial charge in [0, 0.05) is 23.6 Å². The van der Waals surface area contributed by atoms with Crippen molar-refractivity contribution < 1.29 is 33.4 Å². The molecule has 5 heterocycles. The number of ketones is 1. The zero-order valence-electron chi connectivity index (χ0n) is 25.5. The third-order valence-electron chi connectivity index (χ3n) is 9.16. The summed E-state index contributed by atoms with van der Waals surface area (Å²) in [7, 11) is 0. The van der Waals surface area contributed by atoms with Gasteiger partial charge in [-0.15, -0.1) is 0 Å². The van der Waals surface area contributed by atoms with Gasteiger partial charge in [-0.25, -0.2) is 9.97 Å². The fourth-order valence-electron chi connectivity index (χ4n) is 6.79. The molecule has 4 aromatic rings. The fraction of sp³-hybridized carbons (Fsp3) is 0.412. The molecule has 0 saturated heterocycles. The number of aliphatic hydroxyl groups is 2. The van der Waals surface area contributed by atoms with Gasteiger partial charge in [-0.05, 0) is 41.5 Å². The minimum atomic E-state index is -1.17. The van der Waals surface area contributed by atoms with E-state index in [-0.39, 0.29) is 54.8 Å². The van der Waals surface area contributed by atoms with Gasteiger partial charge in [-0.2, -0.15) is 0 Å². The summed E-state index contributed by atoms with van der Waals surface area (Å²) in [4.78, 5) is 36.5. The number of amides is 1. The highest BCUT2D eigenvalue weighted by Gasteiger charge is 2.61. The van der Waals surface area contributed by atoms with Crippen LogP contribution in [-0.2, 0) is 28.0 Å². The predicted molar refractivity (Wildman–Crippen MR) is 162 cm³/mol. The lowest BCUT2D eigenvalue weighted by Crippen LogP contribution is -2.41. The number of benzene rings is 2. The number of ether oxygens (including phenoxy) is 1. The molecule has 5 atom stereocenters. The number of hydrogen-bond acceptors (Lipinski definition) is 10. The van der Waals surface area contributed by atoms with Gasteiger partial charge >= 0.3 is 0 Å². The van der Waals surface area contributed by atoms with Crippen molar-refractivity contribution in [3.8, 4) is 17.3 Å². The van der Waals surface area contributed by atoms with Crippen LogP contribution in [0.2, 0.25) is 0 Å². The van der Waals surface area contributed by atoms with Crippen molar-refractivity contribution >= 4 is 17.4 Å². The maximum Gasteiger partial charge on any atom is 0.249 e. The van der Waals surface area contributed by atoms with Crippen molar-refractivity contribution in [2.24, 2.45) is 17.8 Å². The number of aliphatic hydroxyl groups excluding tert-OH is 2. The van der Waals surface area contributed by atoms with Gasteiger partial charge in [0.05, 0.1) is 6.61 Å². The summed E-state index contributed by atoms with van der Waals surface area (Å²) in [6.07, 6.45) is -0.233. The third-order valence-corrected chi connectivity index (χ3v) is 9.16. The van der Waals surface area contributed by atoms with Gasteiger partial charge in [0.2, 0.25) is 17.7 Å². The Balaban J connectivity index is 1.48. The van der Waals surface area contributed by atoms with E-state index >= 15 is 0 Å². The Morgan fingerprint density at radius 3 is 2.62 bits per heavy atom. The van der Waals surface area contributed by atoms with Crippen LogP contribution in [0.1, 0.15) is 74.2 Å². The Labute approximate surface area is 260 Å². The molecule has 3 aliphatic rings. The molecule has 3 aliphatic heterocycles. The lowest BCUT2D eigenvalue weighted by Gasteiger charge is -2.28. The molecule has 4 bridgehead atoms. The molecule has 11 nitrogen and oxygen atoms in total. The summed E-state index contributed by atoms with van der Waals surface area (Å²) in [6.45, 7) is 7.14. The van der Waals surface area contributed by atoms with Crippen LogP contribution in [0.5, 0.6) is 5.75 Å². The zero-order chi connectivity index (χ0) is 31.6. The first-order valence-electron chi connectivity index (χ1n) is 15.4. The summed E-state index contributed by atoms with van der Waals surface area (Å²) in [5.41, 5.74) is 3.09. The molecule has 2 aromatic heterocycles. The highest BCUT2D eigenvalue weighted by atomic mass is 16.5. The highest BCUT2D eigenvalue weighted by molar-refractivity contribution is 5.89. The lowest BCUT2D eigenvalue weighted by molar-refractivity contribution is -0.135. The first-order chi connectivity index (χ1) is 21.6. The van der Waals surface area contributed by atoms with Gasteiger partial charge in [0.25, 0.3) is 0 Å². The average Bonchev–Trinajstić information content (AvgIpc) is 3.79. The first kappa shape index (κ1) is 29.2. The van der Waals surface area contributed by atoms with Crippen LogP contribution >= 0.6 is 0 Å². The van der Waals surface area contributed by atoms with Crippen LogP contribution in [-0.4, -0.2) is 44.2 Å². The minimum absolute atomic E-state index is 0.121. The van der Waals surface area contributed by atoms with Gasteiger partial charge in [-0.1, -0.05) is 58.0 Å². The number of carbonyl (C=O) groups is 2. The first-order valence-corrected chi connectivity index (χ1v) is 15.4. The smallest absolute Gasteiger partial charge is 0.249 e. The van der Waals surface area contributed by atoms with Crippen LogP contribution in [0.15, 0.2) is 57.6 Å². The van der Waals surface area contributed by atoms with E-state index in [1.165, 1.54) is 6.26 Å². The molecule has 0 fully saturated rings. The molecule has 0 saturated carbocycles. The fourth-order valence-corrected chi connectivity index (χ4v) is 6.79. The van der Waals surface area contributed by atoms with Crippen molar-refractivity contribution in [2.75, 3.05) is 5.32 Å². The molecule has 0 aliphatic carbocycles. The van der Waals surface area contributed by atoms with Crippen LogP contribution in [0.3, 0.4) is 0 Å². The summed E-state index contributed by atoms with van der Waals surface area (Å²) >= 11 is 0. The van der Waals surface area contributed by atoms with Crippen LogP contribution < -0.4 is 15.4 Å². The Hall–Kier alpha value is -4.48. The van der Waals surface area contributed by atoms with Gasteiger partial charge < -0.3 is 34.4 Å². The average molecular weight is 613 g/mol. The molecule has 1 spiro atoms. The predicted octanol–water partition coefficient (Wildman–Crippen LogP) is 4.26. The number of aromatic nitrogens is 2. The number of Topliss-reactive ketones (excluding diaryl/α,β-unsaturated/α-hetero) is 1. The number of fused-ring (bicyclic) bond motifs is 4. The quantitative estimate of drug-likeness (QED) is 0.237. The second-order valence-electron chi connectivity index (χ2n) is 12.8. The summed E-state index contributed by atoms with van der Waals surface area (Å²) < 4.78 is 19.2.